The van der Waals surface area contributed by atoms with E-state index in [0.29, 0.717) is 17.7 Å². The van der Waals surface area contributed by atoms with E-state index < -0.39 is 7.27 Å². The first-order valence-corrected chi connectivity index (χ1v) is 9.31. The normalized spacial score (nSPS) is 14.8. The number of hydrogen-bond acceptors (Lipinski definition) is 1. The van der Waals surface area contributed by atoms with Crippen molar-refractivity contribution >= 4 is 30.1 Å². The molecule has 1 atom stereocenters. The Morgan fingerprint density at radius 2 is 1.76 bits per heavy atom. The summed E-state index contributed by atoms with van der Waals surface area (Å²) in [4.78, 5) is 0. The Bertz CT molecular complexity index is 229. The van der Waals surface area contributed by atoms with Gasteiger partial charge in [0.15, 0.2) is 5.22 Å². The Morgan fingerprint density at radius 3 is 2.24 bits per heavy atom. The Balaban J connectivity index is 4.50. The highest BCUT2D eigenvalue weighted by Gasteiger charge is 2.19. The van der Waals surface area contributed by atoms with Crippen molar-refractivity contribution in [1.29, 1.82) is 0 Å². The van der Waals surface area contributed by atoms with E-state index in [0.717, 1.165) is 30.7 Å². The third kappa shape index (κ3) is 7.54. The fourth-order valence-electron chi connectivity index (χ4n) is 1.40. The van der Waals surface area contributed by atoms with E-state index in [1.165, 1.54) is 6.42 Å². The molecule has 0 radical (unpaired) electrons. The second-order valence-electron chi connectivity index (χ2n) is 4.45. The summed E-state index contributed by atoms with van der Waals surface area (Å²) in [6.45, 7) is 9.27. The molecule has 0 aliphatic rings. The molecule has 0 amide bonds. The molecule has 0 saturated heterocycles. The zero-order valence-electron chi connectivity index (χ0n) is 11.4. The molecule has 0 rings (SSSR count). The lowest BCUT2D eigenvalue weighted by Crippen LogP contribution is -2.00. The molecule has 0 aromatic carbocycles. The van der Waals surface area contributed by atoms with Gasteiger partial charge in [-0.3, -0.25) is 0 Å². The third-order valence-electron chi connectivity index (χ3n) is 2.44. The van der Waals surface area contributed by atoms with Gasteiger partial charge in [0.1, 0.15) is 0 Å². The molecule has 1 unspecified atom stereocenters. The zero-order chi connectivity index (χ0) is 13.3. The van der Waals surface area contributed by atoms with Crippen LogP contribution in [0.15, 0.2) is 10.5 Å². The minimum Gasteiger partial charge on any atom is -0.483 e. The van der Waals surface area contributed by atoms with Gasteiger partial charge in [0.2, 0.25) is 0 Å². The van der Waals surface area contributed by atoms with E-state index in [1.807, 2.05) is 0 Å². The first kappa shape index (κ1) is 17.6. The molecule has 0 N–H and O–H groups in total. The van der Waals surface area contributed by atoms with Crippen LogP contribution in [-0.2, 0) is 4.74 Å². The number of allylic oxidation sites excluding steroid dienone is 1. The quantitative estimate of drug-likeness (QED) is 0.275. The molecule has 4 heteroatoms. The molecule has 0 aromatic heterocycles. The van der Waals surface area contributed by atoms with Gasteiger partial charge in [-0.1, -0.05) is 51.8 Å². The van der Waals surface area contributed by atoms with E-state index in [-0.39, 0.29) is 0 Å². The predicted molar refractivity (Wildman–Crippen MR) is 81.1 cm³/mol. The minimum atomic E-state index is -0.655. The molecule has 0 aromatic rings. The van der Waals surface area contributed by atoms with Gasteiger partial charge in [0.05, 0.1) is 6.61 Å². The van der Waals surface area contributed by atoms with Crippen LogP contribution in [-0.4, -0.2) is 12.8 Å². The second kappa shape index (κ2) is 10.5. The first-order valence-electron chi connectivity index (χ1n) is 6.50. The Morgan fingerprint density at radius 1 is 1.18 bits per heavy atom. The highest BCUT2D eigenvalue weighted by Crippen LogP contribution is 2.55. The molecule has 0 aliphatic carbocycles. The molecule has 0 fully saturated rings. The lowest BCUT2D eigenvalue weighted by atomic mass is 10.2. The molecule has 0 spiro atoms. The first-order chi connectivity index (χ1) is 8.04. The molecule has 0 bridgehead atoms. The summed E-state index contributed by atoms with van der Waals surface area (Å²) in [5, 5.41) is 1.67. The van der Waals surface area contributed by atoms with Crippen molar-refractivity contribution < 1.29 is 4.74 Å². The number of unbranched alkanes of at least 4 members (excludes halogenated alkanes) is 2. The number of hydrogen-bond donors (Lipinski definition) is 0. The van der Waals surface area contributed by atoms with E-state index in [2.05, 4.69) is 27.7 Å². The van der Waals surface area contributed by atoms with Crippen molar-refractivity contribution in [3.05, 3.63) is 10.5 Å². The maximum absolute atomic E-state index is 6.47. The largest absolute Gasteiger partial charge is 0.483 e. The highest BCUT2D eigenvalue weighted by atomic mass is 35.7. The van der Waals surface area contributed by atoms with Gasteiger partial charge in [-0.15, -0.1) is 0 Å². The van der Waals surface area contributed by atoms with Crippen molar-refractivity contribution in [2.45, 2.75) is 53.4 Å². The van der Waals surface area contributed by atoms with Crippen LogP contribution in [0.1, 0.15) is 53.4 Å². The molecular formula is C13H25Cl2OP. The van der Waals surface area contributed by atoms with Crippen LogP contribution in [0.4, 0.5) is 0 Å². The van der Waals surface area contributed by atoms with Gasteiger partial charge in [-0.25, -0.2) is 0 Å². The second-order valence-corrected chi connectivity index (χ2v) is 7.68. The van der Waals surface area contributed by atoms with Crippen LogP contribution in [0.3, 0.4) is 0 Å². The SMILES string of the molecule is CCCCO/C(Cl)=C(/C(C)C)P(Cl)CCCC. The predicted octanol–water partition coefficient (Wildman–Crippen LogP) is 6.30. The van der Waals surface area contributed by atoms with Gasteiger partial charge in [-0.05, 0) is 36.5 Å². The summed E-state index contributed by atoms with van der Waals surface area (Å²) in [7, 11) is -0.655. The minimum absolute atomic E-state index is 0.365. The van der Waals surface area contributed by atoms with Crippen LogP contribution < -0.4 is 0 Å². The molecule has 0 heterocycles. The summed E-state index contributed by atoms with van der Waals surface area (Å²) < 4.78 is 5.58. The van der Waals surface area contributed by atoms with Crippen molar-refractivity contribution in [2.75, 3.05) is 12.8 Å². The van der Waals surface area contributed by atoms with Crippen LogP contribution in [0.2, 0.25) is 0 Å². The number of rotatable bonds is 9. The lowest BCUT2D eigenvalue weighted by Gasteiger charge is -2.19. The van der Waals surface area contributed by atoms with Gasteiger partial charge in [0, 0.05) is 12.6 Å². The summed E-state index contributed by atoms with van der Waals surface area (Å²) >= 11 is 12.7. The van der Waals surface area contributed by atoms with Crippen molar-refractivity contribution in [2.24, 2.45) is 5.92 Å². The molecule has 0 aliphatic heterocycles. The molecule has 102 valence electrons. The van der Waals surface area contributed by atoms with E-state index in [1.54, 1.807) is 0 Å². The maximum Gasteiger partial charge on any atom is 0.191 e. The third-order valence-corrected chi connectivity index (χ3v) is 5.89. The van der Waals surface area contributed by atoms with Crippen LogP contribution in [0.25, 0.3) is 0 Å². The van der Waals surface area contributed by atoms with Gasteiger partial charge in [-0.2, -0.15) is 0 Å². The molecule has 1 nitrogen and oxygen atoms in total. The molecule has 0 saturated carbocycles. The fraction of sp³-hybridized carbons (Fsp3) is 0.846. The Kier molecular flexibility index (Phi) is 10.8. The summed E-state index contributed by atoms with van der Waals surface area (Å²) in [6, 6.07) is 0. The summed E-state index contributed by atoms with van der Waals surface area (Å²) in [5.74, 6) is 0.365. The standard InChI is InChI=1S/C13H25Cl2OP/c1-5-7-9-16-13(14)12(11(3)4)17(15)10-8-6-2/h11H,5-10H2,1-4H3/b13-12-. The van der Waals surface area contributed by atoms with Gasteiger partial charge in [0.25, 0.3) is 0 Å². The molecule has 17 heavy (non-hydrogen) atoms. The zero-order valence-corrected chi connectivity index (χ0v) is 13.8. The Labute approximate surface area is 117 Å². The highest BCUT2D eigenvalue weighted by molar-refractivity contribution is 7.87. The summed E-state index contributed by atoms with van der Waals surface area (Å²) in [6.07, 6.45) is 5.52. The van der Waals surface area contributed by atoms with E-state index >= 15 is 0 Å². The fourth-order valence-corrected chi connectivity index (χ4v) is 4.96. The summed E-state index contributed by atoms with van der Waals surface area (Å²) in [5.41, 5.74) is 0. The molecular weight excluding hydrogens is 274 g/mol. The topological polar surface area (TPSA) is 9.23 Å². The smallest absolute Gasteiger partial charge is 0.191 e. The van der Waals surface area contributed by atoms with Crippen LogP contribution in [0, 0.1) is 5.92 Å². The average Bonchev–Trinajstić information content (AvgIpc) is 2.26. The van der Waals surface area contributed by atoms with Crippen LogP contribution in [0.5, 0.6) is 0 Å². The average molecular weight is 299 g/mol. The van der Waals surface area contributed by atoms with Gasteiger partial charge >= 0.3 is 0 Å². The van der Waals surface area contributed by atoms with Crippen molar-refractivity contribution in [1.82, 2.24) is 0 Å². The van der Waals surface area contributed by atoms with Crippen molar-refractivity contribution in [3.63, 3.8) is 0 Å². The Hall–Kier alpha value is 0.550. The van der Waals surface area contributed by atoms with E-state index in [9.17, 15) is 0 Å². The van der Waals surface area contributed by atoms with Crippen LogP contribution >= 0.6 is 30.1 Å². The number of halogens is 2. The van der Waals surface area contributed by atoms with Gasteiger partial charge < -0.3 is 4.74 Å². The van der Waals surface area contributed by atoms with E-state index in [4.69, 9.17) is 27.6 Å². The van der Waals surface area contributed by atoms with Crippen molar-refractivity contribution in [3.8, 4) is 0 Å². The maximum atomic E-state index is 6.47. The lowest BCUT2D eigenvalue weighted by molar-refractivity contribution is 0.227. The monoisotopic (exact) mass is 298 g/mol. The number of ether oxygens (including phenoxy) is 1.